The molecule has 2 heterocycles. The summed E-state index contributed by atoms with van der Waals surface area (Å²) >= 11 is 1.51. The molecule has 3 rings (SSSR count). The number of imidazole rings is 1. The standard InChI is InChI=1S/C17H23N3O3S/c1-11-4-3-5-14(12(11)2)19-15(21)10-23-16(22)8-13-9-20-6-7-24-17(20)18-13/h6-7,9,11-12,14H,3-5,8,10H2,1-2H3,(H,19,21)/t11-,12-,14-/m1/s1. The van der Waals surface area contributed by atoms with E-state index in [-0.39, 0.29) is 25.0 Å². The molecule has 6 nitrogen and oxygen atoms in total. The molecule has 1 amide bonds. The summed E-state index contributed by atoms with van der Waals surface area (Å²) in [6.07, 6.45) is 7.12. The first-order valence-electron chi connectivity index (χ1n) is 8.39. The lowest BCUT2D eigenvalue weighted by Gasteiger charge is -2.34. The van der Waals surface area contributed by atoms with E-state index in [0.717, 1.165) is 17.8 Å². The number of carbonyl (C=O) groups is 2. The summed E-state index contributed by atoms with van der Waals surface area (Å²) in [6.45, 7) is 4.17. The number of hydrogen-bond donors (Lipinski definition) is 1. The van der Waals surface area contributed by atoms with E-state index in [9.17, 15) is 9.59 Å². The number of carbonyl (C=O) groups excluding carboxylic acids is 2. The molecule has 3 atom stereocenters. The lowest BCUT2D eigenvalue weighted by molar-refractivity contribution is -0.148. The predicted molar refractivity (Wildman–Crippen MR) is 91.8 cm³/mol. The van der Waals surface area contributed by atoms with Gasteiger partial charge in [0.1, 0.15) is 0 Å². The van der Waals surface area contributed by atoms with Gasteiger partial charge in [0, 0.05) is 23.8 Å². The van der Waals surface area contributed by atoms with Gasteiger partial charge in [-0.25, -0.2) is 4.98 Å². The van der Waals surface area contributed by atoms with Gasteiger partial charge in [-0.15, -0.1) is 11.3 Å². The van der Waals surface area contributed by atoms with Crippen LogP contribution in [-0.2, 0) is 20.7 Å². The third-order valence-corrected chi connectivity index (χ3v) is 5.66. The zero-order valence-electron chi connectivity index (χ0n) is 14.0. The summed E-state index contributed by atoms with van der Waals surface area (Å²) in [5, 5.41) is 4.93. The molecule has 0 unspecified atom stereocenters. The van der Waals surface area contributed by atoms with Crippen molar-refractivity contribution in [2.75, 3.05) is 6.61 Å². The van der Waals surface area contributed by atoms with Crippen molar-refractivity contribution in [2.45, 2.75) is 45.6 Å². The molecule has 24 heavy (non-hydrogen) atoms. The van der Waals surface area contributed by atoms with E-state index >= 15 is 0 Å². The van der Waals surface area contributed by atoms with Crippen LogP contribution in [0.5, 0.6) is 0 Å². The fourth-order valence-corrected chi connectivity index (χ4v) is 3.96. The van der Waals surface area contributed by atoms with Crippen molar-refractivity contribution in [2.24, 2.45) is 11.8 Å². The van der Waals surface area contributed by atoms with E-state index in [1.165, 1.54) is 17.8 Å². The fourth-order valence-electron chi connectivity index (χ4n) is 3.24. The Hall–Kier alpha value is -1.89. The molecule has 2 aromatic rings. The molecule has 2 aromatic heterocycles. The molecule has 0 radical (unpaired) electrons. The van der Waals surface area contributed by atoms with Crippen LogP contribution in [0.2, 0.25) is 0 Å². The summed E-state index contributed by atoms with van der Waals surface area (Å²) in [5.41, 5.74) is 0.655. The molecular weight excluding hydrogens is 326 g/mol. The smallest absolute Gasteiger partial charge is 0.312 e. The van der Waals surface area contributed by atoms with Crippen LogP contribution in [0.15, 0.2) is 17.8 Å². The number of thiazole rings is 1. The molecular formula is C17H23N3O3S. The Balaban J connectivity index is 1.43. The minimum Gasteiger partial charge on any atom is -0.455 e. The van der Waals surface area contributed by atoms with E-state index in [1.54, 1.807) is 6.20 Å². The summed E-state index contributed by atoms with van der Waals surface area (Å²) in [4.78, 5) is 29.1. The van der Waals surface area contributed by atoms with Crippen LogP contribution in [0.3, 0.4) is 0 Å². The first kappa shape index (κ1) is 17.0. The average Bonchev–Trinajstić information content (AvgIpc) is 3.11. The second-order valence-corrected chi connectivity index (χ2v) is 7.48. The minimum atomic E-state index is -0.430. The van der Waals surface area contributed by atoms with Gasteiger partial charge in [-0.1, -0.05) is 26.7 Å². The number of rotatable bonds is 5. The minimum absolute atomic E-state index is 0.0819. The number of ether oxygens (including phenoxy) is 1. The number of amides is 1. The van der Waals surface area contributed by atoms with Gasteiger partial charge in [0.15, 0.2) is 11.6 Å². The Morgan fingerprint density at radius 2 is 2.25 bits per heavy atom. The number of esters is 1. The zero-order chi connectivity index (χ0) is 17.1. The Morgan fingerprint density at radius 1 is 1.42 bits per heavy atom. The second-order valence-electron chi connectivity index (χ2n) is 6.60. The normalized spacial score (nSPS) is 24.0. The highest BCUT2D eigenvalue weighted by Crippen LogP contribution is 2.29. The van der Waals surface area contributed by atoms with Crippen LogP contribution >= 0.6 is 11.3 Å². The van der Waals surface area contributed by atoms with Crippen molar-refractivity contribution in [3.05, 3.63) is 23.5 Å². The molecule has 0 aromatic carbocycles. The number of hydrogen-bond acceptors (Lipinski definition) is 5. The summed E-state index contributed by atoms with van der Waals surface area (Å²) in [7, 11) is 0. The largest absolute Gasteiger partial charge is 0.455 e. The number of nitrogens with zero attached hydrogens (tertiary/aromatic N) is 2. The van der Waals surface area contributed by atoms with Crippen molar-refractivity contribution in [3.63, 3.8) is 0 Å². The molecule has 0 aliphatic heterocycles. The molecule has 1 aliphatic rings. The van der Waals surface area contributed by atoms with Crippen molar-refractivity contribution >= 4 is 28.2 Å². The molecule has 0 bridgehead atoms. The predicted octanol–water partition coefficient (Wildman–Crippen LogP) is 2.42. The van der Waals surface area contributed by atoms with E-state index in [0.29, 0.717) is 17.5 Å². The number of aromatic nitrogens is 2. The van der Waals surface area contributed by atoms with Crippen LogP contribution in [0.1, 0.15) is 38.8 Å². The molecule has 1 aliphatic carbocycles. The quantitative estimate of drug-likeness (QED) is 0.842. The Kier molecular flexibility index (Phi) is 5.18. The molecule has 1 N–H and O–H groups in total. The summed E-state index contributed by atoms with van der Waals surface area (Å²) in [6, 6.07) is 0.180. The topological polar surface area (TPSA) is 72.7 Å². The maximum Gasteiger partial charge on any atom is 0.312 e. The highest BCUT2D eigenvalue weighted by Gasteiger charge is 2.28. The highest BCUT2D eigenvalue weighted by atomic mass is 32.1. The Bertz CT molecular complexity index is 695. The molecule has 0 spiro atoms. The zero-order valence-corrected chi connectivity index (χ0v) is 14.8. The SMILES string of the molecule is C[C@@H]1[C@H](C)CCC[C@H]1NC(=O)COC(=O)Cc1cn2ccsc2n1. The van der Waals surface area contributed by atoms with Crippen LogP contribution in [-0.4, -0.2) is 33.9 Å². The molecule has 7 heteroatoms. The van der Waals surface area contributed by atoms with Gasteiger partial charge in [-0.05, 0) is 18.3 Å². The van der Waals surface area contributed by atoms with Crippen molar-refractivity contribution in [1.82, 2.24) is 14.7 Å². The lowest BCUT2D eigenvalue weighted by atomic mass is 9.78. The van der Waals surface area contributed by atoms with Gasteiger partial charge in [0.05, 0.1) is 12.1 Å². The van der Waals surface area contributed by atoms with Gasteiger partial charge < -0.3 is 10.1 Å². The van der Waals surface area contributed by atoms with Crippen LogP contribution in [0.25, 0.3) is 4.96 Å². The van der Waals surface area contributed by atoms with Gasteiger partial charge in [-0.3, -0.25) is 14.0 Å². The fraction of sp³-hybridized carbons (Fsp3) is 0.588. The van der Waals surface area contributed by atoms with E-state index in [4.69, 9.17) is 4.74 Å². The third kappa shape index (κ3) is 3.95. The molecule has 1 saturated carbocycles. The first-order chi connectivity index (χ1) is 11.5. The number of nitrogens with one attached hydrogen (secondary N) is 1. The van der Waals surface area contributed by atoms with Gasteiger partial charge >= 0.3 is 5.97 Å². The Labute approximate surface area is 145 Å². The third-order valence-electron chi connectivity index (χ3n) is 4.89. The van der Waals surface area contributed by atoms with Crippen LogP contribution in [0.4, 0.5) is 0 Å². The van der Waals surface area contributed by atoms with Crippen LogP contribution in [0, 0.1) is 11.8 Å². The summed E-state index contributed by atoms with van der Waals surface area (Å²) in [5.74, 6) is 0.416. The Morgan fingerprint density at radius 3 is 3.04 bits per heavy atom. The number of fused-ring (bicyclic) bond motifs is 1. The van der Waals surface area contributed by atoms with Crippen molar-refractivity contribution < 1.29 is 14.3 Å². The van der Waals surface area contributed by atoms with Gasteiger partial charge in [0.25, 0.3) is 5.91 Å². The molecule has 0 saturated heterocycles. The maximum atomic E-state index is 12.0. The molecule has 1 fully saturated rings. The van der Waals surface area contributed by atoms with Gasteiger partial charge in [0.2, 0.25) is 0 Å². The monoisotopic (exact) mass is 349 g/mol. The van der Waals surface area contributed by atoms with Crippen molar-refractivity contribution in [1.29, 1.82) is 0 Å². The lowest BCUT2D eigenvalue weighted by Crippen LogP contribution is -2.45. The van der Waals surface area contributed by atoms with E-state index in [1.807, 2.05) is 16.0 Å². The van der Waals surface area contributed by atoms with Gasteiger partial charge in [-0.2, -0.15) is 0 Å². The molecule has 130 valence electrons. The summed E-state index contributed by atoms with van der Waals surface area (Å²) < 4.78 is 6.95. The average molecular weight is 349 g/mol. The van der Waals surface area contributed by atoms with Crippen molar-refractivity contribution in [3.8, 4) is 0 Å². The first-order valence-corrected chi connectivity index (χ1v) is 9.27. The maximum absolute atomic E-state index is 12.0. The van der Waals surface area contributed by atoms with Crippen LogP contribution < -0.4 is 5.32 Å². The second kappa shape index (κ2) is 7.34. The van der Waals surface area contributed by atoms with E-state index in [2.05, 4.69) is 24.1 Å². The highest BCUT2D eigenvalue weighted by molar-refractivity contribution is 7.15. The van der Waals surface area contributed by atoms with E-state index < -0.39 is 5.97 Å².